The first kappa shape index (κ1) is 13.0. The predicted octanol–water partition coefficient (Wildman–Crippen LogP) is 1.49. The highest BCUT2D eigenvalue weighted by Gasteiger charge is 2.36. The third-order valence-corrected chi connectivity index (χ3v) is 4.08. The Bertz CT molecular complexity index is 253. The van der Waals surface area contributed by atoms with Crippen molar-refractivity contribution in [1.29, 1.82) is 0 Å². The lowest BCUT2D eigenvalue weighted by atomic mass is 9.87. The summed E-state index contributed by atoms with van der Waals surface area (Å²) in [5.74, 6) is 0.658. The van der Waals surface area contributed by atoms with Gasteiger partial charge in [-0.25, -0.2) is 0 Å². The minimum atomic E-state index is -0.239. The number of hydrogen-bond donors (Lipinski definition) is 1. The highest BCUT2D eigenvalue weighted by atomic mass is 16.7. The summed E-state index contributed by atoms with van der Waals surface area (Å²) in [7, 11) is 3.23. The lowest BCUT2D eigenvalue weighted by Crippen LogP contribution is -2.40. The van der Waals surface area contributed by atoms with Crippen LogP contribution in [0, 0.1) is 5.92 Å². The first-order valence-electron chi connectivity index (χ1n) is 6.57. The molecule has 4 heteroatoms. The maximum atomic E-state index is 12.1. The van der Waals surface area contributed by atoms with Crippen LogP contribution >= 0.6 is 0 Å². The molecule has 1 N–H and O–H groups in total. The van der Waals surface area contributed by atoms with E-state index in [0.717, 1.165) is 12.8 Å². The molecule has 0 spiro atoms. The van der Waals surface area contributed by atoms with E-state index in [2.05, 4.69) is 5.32 Å². The van der Waals surface area contributed by atoms with E-state index in [-0.39, 0.29) is 12.2 Å². The van der Waals surface area contributed by atoms with Gasteiger partial charge in [0.15, 0.2) is 6.29 Å². The van der Waals surface area contributed by atoms with E-state index in [0.29, 0.717) is 30.7 Å². The third kappa shape index (κ3) is 3.27. The van der Waals surface area contributed by atoms with Gasteiger partial charge in [0.2, 0.25) is 0 Å². The monoisotopic (exact) mass is 241 g/mol. The zero-order valence-corrected chi connectivity index (χ0v) is 10.8. The number of carbonyl (C=O) groups excluding carboxylic acids is 1. The molecular weight excluding hydrogens is 218 g/mol. The molecule has 2 aliphatic rings. The van der Waals surface area contributed by atoms with Crippen molar-refractivity contribution in [2.45, 2.75) is 56.9 Å². The minimum absolute atomic E-state index is 0.239. The van der Waals surface area contributed by atoms with Crippen LogP contribution in [-0.4, -0.2) is 38.4 Å². The van der Waals surface area contributed by atoms with Crippen molar-refractivity contribution in [2.75, 3.05) is 14.2 Å². The number of ether oxygens (including phenoxy) is 2. The fourth-order valence-corrected chi connectivity index (χ4v) is 3.12. The maximum absolute atomic E-state index is 12.1. The molecule has 4 nitrogen and oxygen atoms in total. The number of nitrogens with one attached hydrogen (secondary N) is 1. The average Bonchev–Trinajstić information content (AvgIpc) is 2.69. The molecule has 0 aromatic rings. The molecule has 2 rings (SSSR count). The SMILES string of the molecule is COC(CCC(=O)C1CC2CCC(C1)N2)OC. The smallest absolute Gasteiger partial charge is 0.157 e. The van der Waals surface area contributed by atoms with E-state index in [9.17, 15) is 4.79 Å². The van der Waals surface area contributed by atoms with Crippen LogP contribution in [0.4, 0.5) is 0 Å². The molecule has 17 heavy (non-hydrogen) atoms. The fourth-order valence-electron chi connectivity index (χ4n) is 3.12. The second-order valence-corrected chi connectivity index (χ2v) is 5.21. The van der Waals surface area contributed by atoms with Crippen LogP contribution in [0.3, 0.4) is 0 Å². The molecule has 2 saturated heterocycles. The van der Waals surface area contributed by atoms with Crippen molar-refractivity contribution in [3.8, 4) is 0 Å². The van der Waals surface area contributed by atoms with Gasteiger partial charge in [-0.05, 0) is 25.7 Å². The molecule has 2 heterocycles. The van der Waals surface area contributed by atoms with Crippen molar-refractivity contribution >= 4 is 5.78 Å². The number of fused-ring (bicyclic) bond motifs is 2. The van der Waals surface area contributed by atoms with Crippen LogP contribution in [0.5, 0.6) is 0 Å². The number of carbonyl (C=O) groups is 1. The van der Waals surface area contributed by atoms with Crippen molar-refractivity contribution in [3.63, 3.8) is 0 Å². The Morgan fingerprint density at radius 3 is 2.35 bits per heavy atom. The molecule has 0 aliphatic carbocycles. The summed E-state index contributed by atoms with van der Waals surface area (Å²) in [6.45, 7) is 0. The van der Waals surface area contributed by atoms with E-state index in [1.165, 1.54) is 12.8 Å². The second-order valence-electron chi connectivity index (χ2n) is 5.21. The molecule has 2 atom stereocenters. The Morgan fingerprint density at radius 2 is 1.82 bits per heavy atom. The Labute approximate surface area is 103 Å². The van der Waals surface area contributed by atoms with Gasteiger partial charge < -0.3 is 14.8 Å². The van der Waals surface area contributed by atoms with E-state index < -0.39 is 0 Å². The Kier molecular flexibility index (Phi) is 4.54. The Balaban J connectivity index is 1.76. The van der Waals surface area contributed by atoms with E-state index >= 15 is 0 Å². The predicted molar refractivity (Wildman–Crippen MR) is 64.7 cm³/mol. The number of ketones is 1. The Hall–Kier alpha value is -0.450. The van der Waals surface area contributed by atoms with Crippen LogP contribution in [-0.2, 0) is 14.3 Å². The average molecular weight is 241 g/mol. The van der Waals surface area contributed by atoms with Gasteiger partial charge >= 0.3 is 0 Å². The van der Waals surface area contributed by atoms with Gasteiger partial charge in [-0.3, -0.25) is 4.79 Å². The summed E-state index contributed by atoms with van der Waals surface area (Å²) in [5.41, 5.74) is 0. The van der Waals surface area contributed by atoms with Gasteiger partial charge in [0.05, 0.1) is 0 Å². The van der Waals surface area contributed by atoms with E-state index in [1.807, 2.05) is 0 Å². The van der Waals surface area contributed by atoms with Gasteiger partial charge in [0, 0.05) is 45.1 Å². The molecule has 0 aromatic heterocycles. The first-order chi connectivity index (χ1) is 8.22. The molecule has 2 aliphatic heterocycles. The first-order valence-corrected chi connectivity index (χ1v) is 6.57. The van der Waals surface area contributed by atoms with Crippen LogP contribution < -0.4 is 5.32 Å². The summed E-state index contributed by atoms with van der Waals surface area (Å²) in [4.78, 5) is 12.1. The standard InChI is InChI=1S/C13H23NO3/c1-16-13(17-2)6-5-12(15)9-7-10-3-4-11(8-9)14-10/h9-11,13-14H,3-8H2,1-2H3. The minimum Gasteiger partial charge on any atom is -0.356 e. The second kappa shape index (κ2) is 5.94. The van der Waals surface area contributed by atoms with Gasteiger partial charge in [0.1, 0.15) is 5.78 Å². The topological polar surface area (TPSA) is 47.6 Å². The zero-order chi connectivity index (χ0) is 12.3. The number of methoxy groups -OCH3 is 2. The van der Waals surface area contributed by atoms with Crippen LogP contribution in [0.1, 0.15) is 38.5 Å². The summed E-state index contributed by atoms with van der Waals surface area (Å²) < 4.78 is 10.2. The third-order valence-electron chi connectivity index (χ3n) is 4.08. The summed E-state index contributed by atoms with van der Waals surface area (Å²) in [5, 5.41) is 3.56. The van der Waals surface area contributed by atoms with Gasteiger partial charge in [-0.1, -0.05) is 0 Å². The van der Waals surface area contributed by atoms with Crippen LogP contribution in [0.2, 0.25) is 0 Å². The maximum Gasteiger partial charge on any atom is 0.157 e. The molecule has 0 saturated carbocycles. The molecular formula is C13H23NO3. The highest BCUT2D eigenvalue weighted by Crippen LogP contribution is 2.32. The van der Waals surface area contributed by atoms with Gasteiger partial charge in [-0.15, -0.1) is 0 Å². The Morgan fingerprint density at radius 1 is 1.24 bits per heavy atom. The van der Waals surface area contributed by atoms with Crippen LogP contribution in [0.15, 0.2) is 0 Å². The van der Waals surface area contributed by atoms with E-state index in [4.69, 9.17) is 9.47 Å². The number of rotatable bonds is 6. The van der Waals surface area contributed by atoms with Crippen molar-refractivity contribution in [1.82, 2.24) is 5.32 Å². The van der Waals surface area contributed by atoms with Crippen molar-refractivity contribution in [3.05, 3.63) is 0 Å². The molecule has 2 fully saturated rings. The number of piperidine rings is 1. The number of Topliss-reactive ketones (excluding diaryl/α,β-unsaturated/α-hetero) is 1. The van der Waals surface area contributed by atoms with Crippen molar-refractivity contribution < 1.29 is 14.3 Å². The molecule has 0 radical (unpaired) electrons. The lowest BCUT2D eigenvalue weighted by Gasteiger charge is -2.28. The summed E-state index contributed by atoms with van der Waals surface area (Å²) >= 11 is 0. The zero-order valence-electron chi connectivity index (χ0n) is 10.8. The summed E-state index contributed by atoms with van der Waals surface area (Å²) in [6.07, 6.45) is 5.56. The fraction of sp³-hybridized carbons (Fsp3) is 0.923. The molecule has 2 unspecified atom stereocenters. The molecule has 0 amide bonds. The number of hydrogen-bond acceptors (Lipinski definition) is 4. The van der Waals surface area contributed by atoms with Gasteiger partial charge in [-0.2, -0.15) is 0 Å². The molecule has 0 aromatic carbocycles. The lowest BCUT2D eigenvalue weighted by molar-refractivity contribution is -0.131. The van der Waals surface area contributed by atoms with Crippen LogP contribution in [0.25, 0.3) is 0 Å². The van der Waals surface area contributed by atoms with Gasteiger partial charge in [0.25, 0.3) is 0 Å². The molecule has 2 bridgehead atoms. The summed E-state index contributed by atoms with van der Waals surface area (Å²) in [6, 6.07) is 1.17. The largest absolute Gasteiger partial charge is 0.356 e. The van der Waals surface area contributed by atoms with E-state index in [1.54, 1.807) is 14.2 Å². The highest BCUT2D eigenvalue weighted by molar-refractivity contribution is 5.81. The van der Waals surface area contributed by atoms with Crippen molar-refractivity contribution in [2.24, 2.45) is 5.92 Å². The normalized spacial score (nSPS) is 32.1. The quantitative estimate of drug-likeness (QED) is 0.716. The molecule has 98 valence electrons.